The van der Waals surface area contributed by atoms with E-state index in [0.717, 1.165) is 0 Å². The van der Waals surface area contributed by atoms with Gasteiger partial charge in [-0.15, -0.1) is 6.58 Å². The molecular formula is C18H24FN3O3. The highest BCUT2D eigenvalue weighted by Crippen LogP contribution is 2.10. The fourth-order valence-electron chi connectivity index (χ4n) is 2.36. The van der Waals surface area contributed by atoms with Crippen LogP contribution in [-0.2, 0) is 20.8 Å². The Morgan fingerprint density at radius 2 is 1.92 bits per heavy atom. The van der Waals surface area contributed by atoms with Crippen LogP contribution in [-0.4, -0.2) is 29.8 Å². The van der Waals surface area contributed by atoms with Crippen molar-refractivity contribution in [1.29, 1.82) is 0 Å². The fraction of sp³-hybridized carbons (Fsp3) is 0.389. The molecule has 1 aromatic rings. The number of carbonyl (C=O) groups excluding carboxylic acids is 3. The number of primary amides is 1. The molecule has 0 aliphatic carbocycles. The highest BCUT2D eigenvalue weighted by Gasteiger charge is 2.25. The molecule has 0 saturated heterocycles. The van der Waals surface area contributed by atoms with Crippen LogP contribution in [0.1, 0.15) is 31.7 Å². The summed E-state index contributed by atoms with van der Waals surface area (Å²) in [6.45, 7) is 4.85. The van der Waals surface area contributed by atoms with Gasteiger partial charge in [0, 0.05) is 13.3 Å². The van der Waals surface area contributed by atoms with E-state index in [2.05, 4.69) is 17.2 Å². The van der Waals surface area contributed by atoms with Crippen molar-refractivity contribution in [3.63, 3.8) is 0 Å². The van der Waals surface area contributed by atoms with E-state index in [0.29, 0.717) is 24.8 Å². The summed E-state index contributed by atoms with van der Waals surface area (Å²) < 4.78 is 13.8. The summed E-state index contributed by atoms with van der Waals surface area (Å²) in [5.74, 6) is -2.15. The van der Waals surface area contributed by atoms with Crippen molar-refractivity contribution < 1.29 is 18.8 Å². The minimum absolute atomic E-state index is 0.0315. The molecule has 4 N–H and O–H groups in total. The Morgan fingerprint density at radius 1 is 1.24 bits per heavy atom. The number of nitrogens with one attached hydrogen (secondary N) is 2. The second-order valence-electron chi connectivity index (χ2n) is 5.73. The number of allylic oxidation sites excluding steroid dienone is 1. The zero-order valence-electron chi connectivity index (χ0n) is 14.3. The average Bonchev–Trinajstić information content (AvgIpc) is 2.54. The molecule has 3 amide bonds. The van der Waals surface area contributed by atoms with E-state index in [1.54, 1.807) is 12.1 Å². The first-order chi connectivity index (χ1) is 11.8. The predicted octanol–water partition coefficient (Wildman–Crippen LogP) is 1.20. The molecule has 0 bridgehead atoms. The molecule has 7 heteroatoms. The molecule has 2 atom stereocenters. The van der Waals surface area contributed by atoms with Gasteiger partial charge in [0.25, 0.3) is 0 Å². The third-order valence-corrected chi connectivity index (χ3v) is 3.64. The molecule has 0 aliphatic rings. The van der Waals surface area contributed by atoms with Gasteiger partial charge < -0.3 is 16.4 Å². The topological polar surface area (TPSA) is 101 Å². The molecule has 25 heavy (non-hydrogen) atoms. The lowest BCUT2D eigenvalue weighted by atomic mass is 10.0. The quantitative estimate of drug-likeness (QED) is 0.437. The van der Waals surface area contributed by atoms with E-state index in [4.69, 9.17) is 5.73 Å². The number of hydrogen-bond acceptors (Lipinski definition) is 3. The molecule has 0 heterocycles. The lowest BCUT2D eigenvalue weighted by Crippen LogP contribution is -2.53. The summed E-state index contributed by atoms with van der Waals surface area (Å²) in [5.41, 5.74) is 5.61. The van der Waals surface area contributed by atoms with Gasteiger partial charge in [-0.3, -0.25) is 14.4 Å². The SMILES string of the molecule is C=CCCC[C@H](NC(=O)[C@@H](Cc1ccccc1F)NC(C)=O)C(N)=O. The van der Waals surface area contributed by atoms with Crippen LogP contribution in [0.5, 0.6) is 0 Å². The van der Waals surface area contributed by atoms with Crippen LogP contribution >= 0.6 is 0 Å². The largest absolute Gasteiger partial charge is 0.368 e. The van der Waals surface area contributed by atoms with Gasteiger partial charge in [0.05, 0.1) is 0 Å². The summed E-state index contributed by atoms with van der Waals surface area (Å²) in [6, 6.07) is 4.13. The molecule has 136 valence electrons. The molecule has 0 fully saturated rings. The Labute approximate surface area is 146 Å². The maximum absolute atomic E-state index is 13.8. The molecule has 0 unspecified atom stereocenters. The molecular weight excluding hydrogens is 325 g/mol. The van der Waals surface area contributed by atoms with Gasteiger partial charge in [0.2, 0.25) is 17.7 Å². The molecule has 6 nitrogen and oxygen atoms in total. The molecule has 0 aromatic heterocycles. The fourth-order valence-corrected chi connectivity index (χ4v) is 2.36. The number of nitrogens with two attached hydrogens (primary N) is 1. The molecule has 0 aliphatic heterocycles. The number of rotatable bonds is 10. The summed E-state index contributed by atoms with van der Waals surface area (Å²) in [5, 5.41) is 5.02. The summed E-state index contributed by atoms with van der Waals surface area (Å²) in [7, 11) is 0. The van der Waals surface area contributed by atoms with Gasteiger partial charge in [-0.2, -0.15) is 0 Å². The third-order valence-electron chi connectivity index (χ3n) is 3.64. The van der Waals surface area contributed by atoms with E-state index in [1.165, 1.54) is 25.1 Å². The maximum Gasteiger partial charge on any atom is 0.243 e. The lowest BCUT2D eigenvalue weighted by molar-refractivity contribution is -0.130. The van der Waals surface area contributed by atoms with Crippen LogP contribution in [0.4, 0.5) is 4.39 Å². The highest BCUT2D eigenvalue weighted by molar-refractivity contribution is 5.91. The Hall–Kier alpha value is -2.70. The molecule has 0 saturated carbocycles. The summed E-state index contributed by atoms with van der Waals surface area (Å²) in [6.07, 6.45) is 3.35. The summed E-state index contributed by atoms with van der Waals surface area (Å²) in [4.78, 5) is 35.4. The van der Waals surface area contributed by atoms with E-state index >= 15 is 0 Å². The van der Waals surface area contributed by atoms with E-state index in [1.807, 2.05) is 0 Å². The third kappa shape index (κ3) is 7.15. The van der Waals surface area contributed by atoms with Crippen LogP contribution in [0.2, 0.25) is 0 Å². The van der Waals surface area contributed by atoms with Crippen molar-refractivity contribution >= 4 is 17.7 Å². The van der Waals surface area contributed by atoms with Crippen molar-refractivity contribution in [1.82, 2.24) is 10.6 Å². The van der Waals surface area contributed by atoms with Crippen molar-refractivity contribution in [2.75, 3.05) is 0 Å². The molecule has 1 aromatic carbocycles. The number of hydrogen-bond donors (Lipinski definition) is 3. The highest BCUT2D eigenvalue weighted by atomic mass is 19.1. The van der Waals surface area contributed by atoms with E-state index in [-0.39, 0.29) is 6.42 Å². The van der Waals surface area contributed by atoms with Gasteiger partial charge in [-0.25, -0.2) is 4.39 Å². The van der Waals surface area contributed by atoms with Gasteiger partial charge in [0.1, 0.15) is 17.9 Å². The lowest BCUT2D eigenvalue weighted by Gasteiger charge is -2.21. The van der Waals surface area contributed by atoms with E-state index < -0.39 is 35.6 Å². The standard InChI is InChI=1S/C18H24FN3O3/c1-3-4-5-10-15(17(20)24)22-18(25)16(21-12(2)23)11-13-8-6-7-9-14(13)19/h3,6-9,15-16H,1,4-5,10-11H2,2H3,(H2,20,24)(H,21,23)(H,22,25)/t15-,16+/m0/s1. The van der Waals surface area contributed by atoms with Crippen LogP contribution in [0, 0.1) is 5.82 Å². The van der Waals surface area contributed by atoms with Crippen molar-refractivity contribution in [3.05, 3.63) is 48.3 Å². The average molecular weight is 349 g/mol. The first-order valence-electron chi connectivity index (χ1n) is 8.06. The minimum Gasteiger partial charge on any atom is -0.368 e. The second kappa shape index (κ2) is 10.2. The van der Waals surface area contributed by atoms with Crippen molar-refractivity contribution in [2.24, 2.45) is 5.73 Å². The van der Waals surface area contributed by atoms with Crippen molar-refractivity contribution in [3.8, 4) is 0 Å². The number of benzene rings is 1. The van der Waals surface area contributed by atoms with Crippen LogP contribution in [0.25, 0.3) is 0 Å². The first kappa shape index (κ1) is 20.3. The van der Waals surface area contributed by atoms with Crippen molar-refractivity contribution in [2.45, 2.75) is 44.7 Å². The van der Waals surface area contributed by atoms with Gasteiger partial charge in [-0.05, 0) is 30.9 Å². The Bertz CT molecular complexity index is 634. The first-order valence-corrected chi connectivity index (χ1v) is 8.06. The van der Waals surface area contributed by atoms with Gasteiger partial charge in [0.15, 0.2) is 0 Å². The Balaban J connectivity index is 2.84. The molecule has 0 spiro atoms. The maximum atomic E-state index is 13.8. The zero-order valence-corrected chi connectivity index (χ0v) is 14.3. The van der Waals surface area contributed by atoms with Crippen LogP contribution in [0.15, 0.2) is 36.9 Å². The van der Waals surface area contributed by atoms with E-state index in [9.17, 15) is 18.8 Å². The van der Waals surface area contributed by atoms with Crippen LogP contribution < -0.4 is 16.4 Å². The smallest absolute Gasteiger partial charge is 0.243 e. The van der Waals surface area contributed by atoms with Gasteiger partial charge >= 0.3 is 0 Å². The number of carbonyl (C=O) groups is 3. The number of halogens is 1. The monoisotopic (exact) mass is 349 g/mol. The Morgan fingerprint density at radius 3 is 2.48 bits per heavy atom. The Kier molecular flexibility index (Phi) is 8.32. The van der Waals surface area contributed by atoms with Crippen LogP contribution in [0.3, 0.4) is 0 Å². The normalized spacial score (nSPS) is 12.7. The second-order valence-corrected chi connectivity index (χ2v) is 5.73. The molecule has 1 rings (SSSR count). The minimum atomic E-state index is -1.00. The summed E-state index contributed by atoms with van der Waals surface area (Å²) >= 11 is 0. The molecule has 0 radical (unpaired) electrons. The number of amides is 3. The zero-order chi connectivity index (χ0) is 18.8. The predicted molar refractivity (Wildman–Crippen MR) is 92.9 cm³/mol. The van der Waals surface area contributed by atoms with Gasteiger partial charge in [-0.1, -0.05) is 24.3 Å². The number of unbranched alkanes of at least 4 members (excludes halogenated alkanes) is 1.